The Hall–Kier alpha value is -2.91. The van der Waals surface area contributed by atoms with Gasteiger partial charge in [-0.15, -0.1) is 29.9 Å². The normalized spacial score (nSPS) is 10.5. The molecule has 0 saturated heterocycles. The molecule has 0 unspecified atom stereocenters. The van der Waals surface area contributed by atoms with Gasteiger partial charge in [-0.3, -0.25) is 9.59 Å². The molecule has 0 aromatic heterocycles. The summed E-state index contributed by atoms with van der Waals surface area (Å²) in [6.07, 6.45) is 8.83. The molecule has 0 bridgehead atoms. The minimum atomic E-state index is -0.758. The molecule has 0 atom stereocenters. The number of thioether (sulfide) groups is 2. The van der Waals surface area contributed by atoms with Gasteiger partial charge in [0, 0.05) is 36.0 Å². The number of ether oxygens (including phenoxy) is 5. The van der Waals surface area contributed by atoms with Crippen molar-refractivity contribution in [3.8, 4) is 12.3 Å². The van der Waals surface area contributed by atoms with Crippen molar-refractivity contribution >= 4 is 53.4 Å². The third-order valence-electron chi connectivity index (χ3n) is 3.56. The van der Waals surface area contributed by atoms with Crippen molar-refractivity contribution in [2.24, 2.45) is 0 Å². The summed E-state index contributed by atoms with van der Waals surface area (Å²) >= 11 is 2.75. The van der Waals surface area contributed by atoms with Crippen LogP contribution in [0.1, 0.15) is 32.1 Å². The molecule has 0 amide bonds. The Bertz CT molecular complexity index is 771. The Morgan fingerprint density at radius 3 is 1.71 bits per heavy atom. The van der Waals surface area contributed by atoms with Gasteiger partial charge in [0.1, 0.15) is 0 Å². The van der Waals surface area contributed by atoms with Crippen LogP contribution in [0, 0.1) is 12.3 Å². The average Bonchev–Trinajstić information content (AvgIpc) is 2.85. The maximum absolute atomic E-state index is 11.7. The minimum absolute atomic E-state index is 0.0554. The second kappa shape index (κ2) is 22.9. The topological polar surface area (TPSA) is 132 Å². The van der Waals surface area contributed by atoms with Crippen LogP contribution in [0.15, 0.2) is 23.0 Å². The molecule has 0 radical (unpaired) electrons. The van der Waals surface area contributed by atoms with Gasteiger partial charge in [-0.25, -0.2) is 14.4 Å². The van der Waals surface area contributed by atoms with Crippen molar-refractivity contribution < 1.29 is 47.7 Å². The summed E-state index contributed by atoms with van der Waals surface area (Å²) in [4.78, 5) is 56.3. The van der Waals surface area contributed by atoms with Crippen molar-refractivity contribution in [3.05, 3.63) is 23.0 Å². The first kappa shape index (κ1) is 32.1. The molecule has 0 fully saturated rings. The minimum Gasteiger partial charge on any atom is -0.466 e. The average molecular weight is 531 g/mol. The Labute approximate surface area is 213 Å². The zero-order chi connectivity index (χ0) is 26.2. The molecule has 0 spiro atoms. The van der Waals surface area contributed by atoms with Gasteiger partial charge < -0.3 is 23.7 Å². The van der Waals surface area contributed by atoms with E-state index in [-0.39, 0.29) is 39.3 Å². The number of hydrogen-bond acceptors (Lipinski definition) is 12. The lowest BCUT2D eigenvalue weighted by molar-refractivity contribution is -0.150. The largest absolute Gasteiger partial charge is 0.466 e. The van der Waals surface area contributed by atoms with Crippen molar-refractivity contribution in [3.63, 3.8) is 0 Å². The van der Waals surface area contributed by atoms with Gasteiger partial charge in [-0.2, -0.15) is 0 Å². The van der Waals surface area contributed by atoms with Gasteiger partial charge in [-0.05, 0) is 23.7 Å². The molecular formula is C23H30O10S2. The van der Waals surface area contributed by atoms with E-state index in [4.69, 9.17) is 20.6 Å². The maximum Gasteiger partial charge on any atom is 0.384 e. The molecule has 0 aliphatic heterocycles. The number of rotatable bonds is 19. The fourth-order valence-electron chi connectivity index (χ4n) is 1.90. The van der Waals surface area contributed by atoms with Gasteiger partial charge in [-0.1, -0.05) is 0 Å². The quantitative estimate of drug-likeness (QED) is 0.0607. The Morgan fingerprint density at radius 1 is 0.714 bits per heavy atom. The van der Waals surface area contributed by atoms with Crippen molar-refractivity contribution in [2.45, 2.75) is 32.1 Å². The molecule has 194 valence electrons. The molecule has 10 nitrogen and oxygen atoms in total. The zero-order valence-corrected chi connectivity index (χ0v) is 21.2. The van der Waals surface area contributed by atoms with Crippen LogP contribution in [0.4, 0.5) is 0 Å². The van der Waals surface area contributed by atoms with Gasteiger partial charge >= 0.3 is 29.8 Å². The molecule has 0 N–H and O–H groups in total. The van der Waals surface area contributed by atoms with E-state index in [0.717, 1.165) is 0 Å². The molecule has 35 heavy (non-hydrogen) atoms. The van der Waals surface area contributed by atoms with Crippen molar-refractivity contribution in [1.82, 2.24) is 0 Å². The first-order chi connectivity index (χ1) is 16.9. The summed E-state index contributed by atoms with van der Waals surface area (Å²) in [6, 6.07) is 0. The van der Waals surface area contributed by atoms with E-state index in [1.807, 2.05) is 0 Å². The molecule has 0 heterocycles. The predicted molar refractivity (Wildman–Crippen MR) is 131 cm³/mol. The summed E-state index contributed by atoms with van der Waals surface area (Å²) in [5.74, 6) is 0.430. The molecule has 12 heteroatoms. The fraction of sp³-hybridized carbons (Fsp3) is 0.522. The van der Waals surface area contributed by atoms with E-state index in [0.29, 0.717) is 30.8 Å². The van der Waals surface area contributed by atoms with Crippen LogP contribution in [-0.4, -0.2) is 74.9 Å². The monoisotopic (exact) mass is 530 g/mol. The van der Waals surface area contributed by atoms with E-state index in [1.54, 1.807) is 16.7 Å². The molecule has 0 rings (SSSR count). The third-order valence-corrected chi connectivity index (χ3v) is 5.26. The highest BCUT2D eigenvalue weighted by Gasteiger charge is 2.09. The Kier molecular flexibility index (Phi) is 21.0. The summed E-state index contributed by atoms with van der Waals surface area (Å²) < 4.78 is 24.1. The zero-order valence-electron chi connectivity index (χ0n) is 19.6. The summed E-state index contributed by atoms with van der Waals surface area (Å²) in [5, 5.41) is 3.19. The summed E-state index contributed by atoms with van der Waals surface area (Å²) in [6.45, 7) is 0.607. The van der Waals surface area contributed by atoms with Crippen LogP contribution in [0.2, 0.25) is 0 Å². The van der Waals surface area contributed by atoms with Gasteiger partial charge in [0.2, 0.25) is 0 Å². The second-order valence-corrected chi connectivity index (χ2v) is 8.35. The van der Waals surface area contributed by atoms with Crippen LogP contribution in [0.5, 0.6) is 0 Å². The van der Waals surface area contributed by atoms with Gasteiger partial charge in [0.05, 0.1) is 46.4 Å². The van der Waals surface area contributed by atoms with Crippen molar-refractivity contribution in [2.75, 3.05) is 45.0 Å². The van der Waals surface area contributed by atoms with Crippen molar-refractivity contribution in [1.29, 1.82) is 0 Å². The first-order valence-corrected chi connectivity index (χ1v) is 12.7. The highest BCUT2D eigenvalue weighted by Crippen LogP contribution is 2.07. The van der Waals surface area contributed by atoms with Crippen LogP contribution >= 0.6 is 23.5 Å². The first-order valence-electron chi connectivity index (χ1n) is 10.6. The smallest absolute Gasteiger partial charge is 0.384 e. The summed E-state index contributed by atoms with van der Waals surface area (Å²) in [7, 11) is 1.30. The lowest BCUT2D eigenvalue weighted by Crippen LogP contribution is -2.12. The highest BCUT2D eigenvalue weighted by molar-refractivity contribution is 8.02. The van der Waals surface area contributed by atoms with E-state index in [2.05, 4.69) is 9.47 Å². The molecule has 0 aliphatic rings. The molecule has 0 aromatic carbocycles. The highest BCUT2D eigenvalue weighted by atomic mass is 32.2. The number of carbonyl (C=O) groups is 5. The molecule has 0 aliphatic carbocycles. The number of methoxy groups -OCH3 is 1. The van der Waals surface area contributed by atoms with Gasteiger partial charge in [0.15, 0.2) is 0 Å². The van der Waals surface area contributed by atoms with Crippen LogP contribution in [0.3, 0.4) is 0 Å². The third kappa shape index (κ3) is 22.6. The summed E-state index contributed by atoms with van der Waals surface area (Å²) in [5.41, 5.74) is 0. The second-order valence-electron chi connectivity index (χ2n) is 6.32. The molecule has 0 aromatic rings. The lowest BCUT2D eigenvalue weighted by atomic mass is 10.3. The fourth-order valence-corrected chi connectivity index (χ4v) is 3.16. The number of hydrogen-bond donors (Lipinski definition) is 0. The maximum atomic E-state index is 11.7. The molecular weight excluding hydrogens is 500 g/mol. The number of carbonyl (C=O) groups excluding carboxylic acids is 5. The number of esters is 5. The Morgan fingerprint density at radius 2 is 1.20 bits per heavy atom. The standard InChI is InChI=1S/C23H30O10S2/c1-3-19(24)30-11-4-12-31-23(28)10-18-35-16-6-14-33-22(27)8-7-21(26)32-13-5-15-34-17-9-20(25)29-2/h1,9-10,17-18H,4-8,11-16H2,2H3/b17-9?,18-10+. The predicted octanol–water partition coefficient (Wildman–Crippen LogP) is 2.41. The van der Waals surface area contributed by atoms with Crippen LogP contribution < -0.4 is 0 Å². The number of terminal acetylenes is 1. The van der Waals surface area contributed by atoms with Crippen LogP contribution in [0.25, 0.3) is 0 Å². The van der Waals surface area contributed by atoms with Gasteiger partial charge in [0.25, 0.3) is 0 Å². The lowest BCUT2D eigenvalue weighted by Gasteiger charge is -2.05. The van der Waals surface area contributed by atoms with E-state index >= 15 is 0 Å². The van der Waals surface area contributed by atoms with E-state index in [9.17, 15) is 24.0 Å². The van der Waals surface area contributed by atoms with E-state index < -0.39 is 29.8 Å². The SMILES string of the molecule is C#CC(=O)OCCCOC(=O)/C=C/SCCCOC(=O)CCC(=O)OCCCSC=CC(=O)OC. The van der Waals surface area contributed by atoms with Crippen LogP contribution in [-0.2, 0) is 47.7 Å². The van der Waals surface area contributed by atoms with E-state index in [1.165, 1.54) is 42.8 Å². The molecule has 0 saturated carbocycles. The Balaban J connectivity index is 3.59.